The predicted molar refractivity (Wildman–Crippen MR) is 43.9 cm³/mol. The fourth-order valence-corrected chi connectivity index (χ4v) is 2.06. The molecule has 0 bridgehead atoms. The lowest BCUT2D eigenvalue weighted by atomic mass is 10.2. The minimum absolute atomic E-state index is 0.596. The van der Waals surface area contributed by atoms with Crippen molar-refractivity contribution in [1.82, 2.24) is 0 Å². The summed E-state index contributed by atoms with van der Waals surface area (Å²) in [4.78, 5) is 0. The van der Waals surface area contributed by atoms with Gasteiger partial charge in [0.15, 0.2) is 0 Å². The fraction of sp³-hybridized carbons (Fsp3) is 1.00. The molecule has 1 saturated carbocycles. The van der Waals surface area contributed by atoms with Crippen LogP contribution < -0.4 is 0 Å². The van der Waals surface area contributed by atoms with Crippen LogP contribution in [0.3, 0.4) is 0 Å². The van der Waals surface area contributed by atoms with E-state index >= 15 is 0 Å². The SMILES string of the molecule is CCCC1C(S)C1S. The van der Waals surface area contributed by atoms with Gasteiger partial charge in [-0.25, -0.2) is 0 Å². The minimum atomic E-state index is 0.596. The highest BCUT2D eigenvalue weighted by Crippen LogP contribution is 2.43. The fourth-order valence-electron chi connectivity index (χ4n) is 1.01. The molecule has 0 amide bonds. The van der Waals surface area contributed by atoms with Crippen LogP contribution >= 0.6 is 25.3 Å². The Morgan fingerprint density at radius 1 is 1.25 bits per heavy atom. The van der Waals surface area contributed by atoms with Crippen LogP contribution in [0, 0.1) is 5.92 Å². The minimum Gasteiger partial charge on any atom is -0.174 e. The van der Waals surface area contributed by atoms with Crippen molar-refractivity contribution in [1.29, 1.82) is 0 Å². The Morgan fingerprint density at radius 3 is 1.88 bits per heavy atom. The highest BCUT2D eigenvalue weighted by atomic mass is 32.1. The van der Waals surface area contributed by atoms with Gasteiger partial charge in [0.1, 0.15) is 0 Å². The van der Waals surface area contributed by atoms with Gasteiger partial charge in [-0.1, -0.05) is 13.3 Å². The Kier molecular flexibility index (Phi) is 2.15. The molecule has 1 aliphatic rings. The zero-order valence-corrected chi connectivity index (χ0v) is 6.83. The average molecular weight is 148 g/mol. The smallest absolute Gasteiger partial charge is 0.0175 e. The third-order valence-corrected chi connectivity index (χ3v) is 3.35. The van der Waals surface area contributed by atoms with E-state index in [1.165, 1.54) is 12.8 Å². The Labute approximate surface area is 61.9 Å². The van der Waals surface area contributed by atoms with Gasteiger partial charge in [0.25, 0.3) is 0 Å². The van der Waals surface area contributed by atoms with Crippen LogP contribution in [0.15, 0.2) is 0 Å². The van der Waals surface area contributed by atoms with E-state index in [-0.39, 0.29) is 0 Å². The molecule has 2 unspecified atom stereocenters. The van der Waals surface area contributed by atoms with Gasteiger partial charge in [-0.2, -0.15) is 25.3 Å². The van der Waals surface area contributed by atoms with E-state index in [2.05, 4.69) is 32.2 Å². The zero-order chi connectivity index (χ0) is 6.15. The second-order valence-electron chi connectivity index (χ2n) is 2.43. The summed E-state index contributed by atoms with van der Waals surface area (Å²) in [6.45, 7) is 2.21. The second-order valence-corrected chi connectivity index (χ2v) is 3.63. The first-order chi connectivity index (χ1) is 3.77. The predicted octanol–water partition coefficient (Wildman–Crippen LogP) is 2.01. The molecule has 8 heavy (non-hydrogen) atoms. The molecule has 1 rings (SSSR count). The van der Waals surface area contributed by atoms with Crippen molar-refractivity contribution in [3.8, 4) is 0 Å². The lowest BCUT2D eigenvalue weighted by Gasteiger charge is -1.87. The van der Waals surface area contributed by atoms with Crippen molar-refractivity contribution >= 4 is 25.3 Å². The first kappa shape index (κ1) is 6.81. The van der Waals surface area contributed by atoms with E-state index in [0.29, 0.717) is 10.5 Å². The zero-order valence-electron chi connectivity index (χ0n) is 5.04. The van der Waals surface area contributed by atoms with Gasteiger partial charge in [-0.3, -0.25) is 0 Å². The summed E-state index contributed by atoms with van der Waals surface area (Å²) in [5.74, 6) is 0.812. The molecule has 1 aliphatic carbocycles. The summed E-state index contributed by atoms with van der Waals surface area (Å²) in [5, 5.41) is 1.19. The normalized spacial score (nSPS) is 44.6. The van der Waals surface area contributed by atoms with E-state index < -0.39 is 0 Å². The molecule has 0 N–H and O–H groups in total. The molecule has 0 aromatic carbocycles. The van der Waals surface area contributed by atoms with Crippen LogP contribution in [0.5, 0.6) is 0 Å². The van der Waals surface area contributed by atoms with Crippen LogP contribution in [-0.4, -0.2) is 10.5 Å². The lowest BCUT2D eigenvalue weighted by molar-refractivity contribution is 0.714. The van der Waals surface area contributed by atoms with Crippen LogP contribution in [-0.2, 0) is 0 Å². The van der Waals surface area contributed by atoms with Crippen molar-refractivity contribution in [3.63, 3.8) is 0 Å². The molecule has 0 aliphatic heterocycles. The quantitative estimate of drug-likeness (QED) is 0.550. The monoisotopic (exact) mass is 148 g/mol. The van der Waals surface area contributed by atoms with Gasteiger partial charge < -0.3 is 0 Å². The number of rotatable bonds is 2. The third-order valence-electron chi connectivity index (χ3n) is 1.71. The van der Waals surface area contributed by atoms with Gasteiger partial charge in [0, 0.05) is 10.5 Å². The molecule has 48 valence electrons. The average Bonchev–Trinajstić information content (AvgIpc) is 2.25. The molecule has 0 spiro atoms. The molecule has 0 radical (unpaired) electrons. The van der Waals surface area contributed by atoms with Gasteiger partial charge in [-0.15, -0.1) is 0 Å². The molecule has 2 atom stereocenters. The molecule has 0 aromatic rings. The maximum absolute atomic E-state index is 4.32. The van der Waals surface area contributed by atoms with Gasteiger partial charge >= 0.3 is 0 Å². The molecular weight excluding hydrogens is 136 g/mol. The largest absolute Gasteiger partial charge is 0.174 e. The molecule has 0 nitrogen and oxygen atoms in total. The second kappa shape index (κ2) is 2.53. The maximum Gasteiger partial charge on any atom is 0.0175 e. The Bertz CT molecular complexity index is 74.6. The summed E-state index contributed by atoms with van der Waals surface area (Å²) in [6, 6.07) is 0. The summed E-state index contributed by atoms with van der Waals surface area (Å²) < 4.78 is 0. The van der Waals surface area contributed by atoms with E-state index in [1.807, 2.05) is 0 Å². The van der Waals surface area contributed by atoms with Crippen molar-refractivity contribution < 1.29 is 0 Å². The van der Waals surface area contributed by atoms with Crippen LogP contribution in [0.4, 0.5) is 0 Å². The molecule has 1 fully saturated rings. The summed E-state index contributed by atoms with van der Waals surface area (Å²) in [6.07, 6.45) is 2.58. The van der Waals surface area contributed by atoms with Gasteiger partial charge in [0.2, 0.25) is 0 Å². The van der Waals surface area contributed by atoms with Crippen LogP contribution in [0.2, 0.25) is 0 Å². The van der Waals surface area contributed by atoms with Crippen molar-refractivity contribution in [2.45, 2.75) is 30.3 Å². The van der Waals surface area contributed by atoms with Crippen molar-refractivity contribution in [3.05, 3.63) is 0 Å². The third kappa shape index (κ3) is 1.16. The maximum atomic E-state index is 4.32. The van der Waals surface area contributed by atoms with E-state index in [9.17, 15) is 0 Å². The standard InChI is InChI=1S/C6H12S2/c1-2-3-4-5(7)6(4)8/h4-8H,2-3H2,1H3. The first-order valence-electron chi connectivity index (χ1n) is 3.13. The summed E-state index contributed by atoms with van der Waals surface area (Å²) in [5.41, 5.74) is 0. The molecule has 0 saturated heterocycles. The molecular formula is C6H12S2. The van der Waals surface area contributed by atoms with Gasteiger partial charge in [-0.05, 0) is 12.3 Å². The van der Waals surface area contributed by atoms with Crippen LogP contribution in [0.1, 0.15) is 19.8 Å². The Morgan fingerprint density at radius 2 is 1.75 bits per heavy atom. The highest BCUT2D eigenvalue weighted by molar-refractivity contribution is 7.86. The first-order valence-corrected chi connectivity index (χ1v) is 4.16. The van der Waals surface area contributed by atoms with Crippen molar-refractivity contribution in [2.24, 2.45) is 5.92 Å². The number of hydrogen-bond acceptors (Lipinski definition) is 2. The van der Waals surface area contributed by atoms with Crippen molar-refractivity contribution in [2.75, 3.05) is 0 Å². The summed E-state index contributed by atoms with van der Waals surface area (Å²) >= 11 is 8.65. The molecule has 2 heteroatoms. The topological polar surface area (TPSA) is 0 Å². The van der Waals surface area contributed by atoms with E-state index in [0.717, 1.165) is 5.92 Å². The number of hydrogen-bond donors (Lipinski definition) is 2. The van der Waals surface area contributed by atoms with E-state index in [1.54, 1.807) is 0 Å². The van der Waals surface area contributed by atoms with Crippen LogP contribution in [0.25, 0.3) is 0 Å². The number of thiol groups is 2. The Hall–Kier alpha value is 0.700. The van der Waals surface area contributed by atoms with E-state index in [4.69, 9.17) is 0 Å². The Balaban J connectivity index is 2.13. The highest BCUT2D eigenvalue weighted by Gasteiger charge is 2.43. The van der Waals surface area contributed by atoms with Gasteiger partial charge in [0.05, 0.1) is 0 Å². The lowest BCUT2D eigenvalue weighted by Crippen LogP contribution is -1.77. The molecule has 0 aromatic heterocycles. The molecule has 0 heterocycles. The summed E-state index contributed by atoms with van der Waals surface area (Å²) in [7, 11) is 0.